The quantitative estimate of drug-likeness (QED) is 0.787. The number of amides is 1. The Kier molecular flexibility index (Phi) is 3.93. The molecule has 4 nitrogen and oxygen atoms in total. The van der Waals surface area contributed by atoms with Gasteiger partial charge in [0.2, 0.25) is 0 Å². The molecule has 1 saturated heterocycles. The Bertz CT molecular complexity index is 334. The molecular weight excluding hydrogens is 224 g/mol. The standard InChI is InChI=1S/C11H16N2O2S/c14-10(8-9-2-1-7-16-9)11(15)13-5-3-12-4-6-13/h1-2,7,10,12,14H,3-6,8H2. The minimum Gasteiger partial charge on any atom is -0.383 e. The van der Waals surface area contributed by atoms with Crippen LogP contribution in [0.3, 0.4) is 0 Å². The van der Waals surface area contributed by atoms with E-state index < -0.39 is 6.10 Å². The summed E-state index contributed by atoms with van der Waals surface area (Å²) in [7, 11) is 0. The molecule has 1 unspecified atom stereocenters. The Morgan fingerprint density at radius 2 is 2.31 bits per heavy atom. The highest BCUT2D eigenvalue weighted by Crippen LogP contribution is 2.12. The van der Waals surface area contributed by atoms with Crippen LogP contribution >= 0.6 is 11.3 Å². The molecule has 1 fully saturated rings. The number of piperazine rings is 1. The van der Waals surface area contributed by atoms with Gasteiger partial charge >= 0.3 is 0 Å². The van der Waals surface area contributed by atoms with E-state index in [1.54, 1.807) is 16.2 Å². The van der Waals surface area contributed by atoms with Crippen molar-refractivity contribution in [3.05, 3.63) is 22.4 Å². The second kappa shape index (κ2) is 5.43. The van der Waals surface area contributed by atoms with Gasteiger partial charge in [-0.2, -0.15) is 0 Å². The average Bonchev–Trinajstić information content (AvgIpc) is 2.82. The van der Waals surface area contributed by atoms with Gasteiger partial charge in [-0.3, -0.25) is 4.79 Å². The first kappa shape index (κ1) is 11.6. The van der Waals surface area contributed by atoms with E-state index in [4.69, 9.17) is 0 Å². The van der Waals surface area contributed by atoms with E-state index in [1.807, 2.05) is 17.5 Å². The fourth-order valence-electron chi connectivity index (χ4n) is 1.80. The third-order valence-electron chi connectivity index (χ3n) is 2.69. The van der Waals surface area contributed by atoms with E-state index in [2.05, 4.69) is 5.32 Å². The van der Waals surface area contributed by atoms with Crippen LogP contribution in [0.15, 0.2) is 17.5 Å². The molecule has 1 aliphatic rings. The van der Waals surface area contributed by atoms with Gasteiger partial charge in [-0.25, -0.2) is 0 Å². The van der Waals surface area contributed by atoms with Crippen LogP contribution in [0.2, 0.25) is 0 Å². The second-order valence-electron chi connectivity index (χ2n) is 3.87. The first-order valence-corrected chi connectivity index (χ1v) is 6.35. The van der Waals surface area contributed by atoms with Crippen molar-refractivity contribution >= 4 is 17.2 Å². The SMILES string of the molecule is O=C(C(O)Cc1cccs1)N1CCNCC1. The van der Waals surface area contributed by atoms with Crippen LogP contribution < -0.4 is 5.32 Å². The van der Waals surface area contributed by atoms with Crippen molar-refractivity contribution in [2.75, 3.05) is 26.2 Å². The third kappa shape index (κ3) is 2.81. The molecule has 1 aliphatic heterocycles. The average molecular weight is 240 g/mol. The van der Waals surface area contributed by atoms with E-state index in [-0.39, 0.29) is 5.91 Å². The lowest BCUT2D eigenvalue weighted by atomic mass is 10.2. The molecule has 88 valence electrons. The van der Waals surface area contributed by atoms with Crippen molar-refractivity contribution in [3.63, 3.8) is 0 Å². The maximum Gasteiger partial charge on any atom is 0.251 e. The number of thiophene rings is 1. The zero-order chi connectivity index (χ0) is 11.4. The molecule has 2 heterocycles. The van der Waals surface area contributed by atoms with Crippen molar-refractivity contribution in [1.29, 1.82) is 0 Å². The molecule has 1 amide bonds. The first-order valence-electron chi connectivity index (χ1n) is 5.47. The van der Waals surface area contributed by atoms with E-state index in [9.17, 15) is 9.90 Å². The Morgan fingerprint density at radius 3 is 2.94 bits per heavy atom. The third-order valence-corrected chi connectivity index (χ3v) is 3.59. The molecule has 0 aromatic carbocycles. The van der Waals surface area contributed by atoms with Crippen molar-refractivity contribution in [2.45, 2.75) is 12.5 Å². The molecule has 1 atom stereocenters. The Hall–Kier alpha value is -0.910. The van der Waals surface area contributed by atoms with Crippen LogP contribution in [0.5, 0.6) is 0 Å². The molecule has 0 bridgehead atoms. The van der Waals surface area contributed by atoms with E-state index >= 15 is 0 Å². The molecule has 0 aliphatic carbocycles. The summed E-state index contributed by atoms with van der Waals surface area (Å²) in [5.74, 6) is -0.144. The van der Waals surface area contributed by atoms with Gasteiger partial charge in [0.25, 0.3) is 5.91 Å². The fraction of sp³-hybridized carbons (Fsp3) is 0.545. The van der Waals surface area contributed by atoms with Gasteiger partial charge in [-0.05, 0) is 11.4 Å². The Morgan fingerprint density at radius 1 is 1.56 bits per heavy atom. The number of nitrogens with zero attached hydrogens (tertiary/aromatic N) is 1. The first-order chi connectivity index (χ1) is 7.77. The predicted molar refractivity (Wildman–Crippen MR) is 63.5 cm³/mol. The van der Waals surface area contributed by atoms with Crippen LogP contribution in [-0.4, -0.2) is 48.2 Å². The topological polar surface area (TPSA) is 52.6 Å². The molecule has 0 radical (unpaired) electrons. The smallest absolute Gasteiger partial charge is 0.251 e. The summed E-state index contributed by atoms with van der Waals surface area (Å²) >= 11 is 1.57. The Labute approximate surface area is 98.9 Å². The van der Waals surface area contributed by atoms with Crippen molar-refractivity contribution in [2.24, 2.45) is 0 Å². The lowest BCUT2D eigenvalue weighted by molar-refractivity contribution is -0.140. The summed E-state index contributed by atoms with van der Waals surface area (Å²) in [5, 5.41) is 15.0. The molecule has 1 aromatic heterocycles. The summed E-state index contributed by atoms with van der Waals surface area (Å²) < 4.78 is 0. The highest BCUT2D eigenvalue weighted by molar-refractivity contribution is 7.09. The number of nitrogens with one attached hydrogen (secondary N) is 1. The van der Waals surface area contributed by atoms with Crippen molar-refractivity contribution < 1.29 is 9.90 Å². The lowest BCUT2D eigenvalue weighted by Gasteiger charge is -2.29. The molecule has 0 saturated carbocycles. The van der Waals surface area contributed by atoms with E-state index in [1.165, 1.54) is 0 Å². The minimum absolute atomic E-state index is 0.144. The molecule has 0 spiro atoms. The van der Waals surface area contributed by atoms with E-state index in [0.717, 1.165) is 18.0 Å². The van der Waals surface area contributed by atoms with Crippen LogP contribution in [0, 0.1) is 0 Å². The van der Waals surface area contributed by atoms with Gasteiger partial charge in [-0.15, -0.1) is 11.3 Å². The van der Waals surface area contributed by atoms with Gasteiger partial charge in [0, 0.05) is 37.5 Å². The van der Waals surface area contributed by atoms with Crippen LogP contribution in [0.25, 0.3) is 0 Å². The monoisotopic (exact) mass is 240 g/mol. The summed E-state index contributed by atoms with van der Waals surface area (Å²) in [6, 6.07) is 3.88. The molecule has 2 rings (SSSR count). The van der Waals surface area contributed by atoms with Crippen molar-refractivity contribution in [1.82, 2.24) is 10.2 Å². The van der Waals surface area contributed by atoms with Crippen LogP contribution in [0.1, 0.15) is 4.88 Å². The van der Waals surface area contributed by atoms with Gasteiger partial charge < -0.3 is 15.3 Å². The highest BCUT2D eigenvalue weighted by Gasteiger charge is 2.23. The molecule has 1 aromatic rings. The van der Waals surface area contributed by atoms with E-state index in [0.29, 0.717) is 19.5 Å². The number of rotatable bonds is 3. The zero-order valence-electron chi connectivity index (χ0n) is 9.06. The summed E-state index contributed by atoms with van der Waals surface area (Å²) in [4.78, 5) is 14.7. The van der Waals surface area contributed by atoms with Crippen LogP contribution in [-0.2, 0) is 11.2 Å². The number of hydrogen-bond acceptors (Lipinski definition) is 4. The summed E-state index contributed by atoms with van der Waals surface area (Å²) in [6.45, 7) is 3.02. The number of hydrogen-bond donors (Lipinski definition) is 2. The number of aliphatic hydroxyl groups is 1. The highest BCUT2D eigenvalue weighted by atomic mass is 32.1. The predicted octanol–water partition coefficient (Wildman–Crippen LogP) is 0.0833. The van der Waals surface area contributed by atoms with Gasteiger partial charge in [0.15, 0.2) is 0 Å². The second-order valence-corrected chi connectivity index (χ2v) is 4.91. The maximum absolute atomic E-state index is 11.9. The molecule has 2 N–H and O–H groups in total. The normalized spacial score (nSPS) is 18.4. The lowest BCUT2D eigenvalue weighted by Crippen LogP contribution is -2.50. The molecule has 5 heteroatoms. The Balaban J connectivity index is 1.88. The zero-order valence-corrected chi connectivity index (χ0v) is 9.87. The molecule has 16 heavy (non-hydrogen) atoms. The van der Waals surface area contributed by atoms with Gasteiger partial charge in [0.05, 0.1) is 0 Å². The fourth-order valence-corrected chi connectivity index (χ4v) is 2.55. The largest absolute Gasteiger partial charge is 0.383 e. The number of carbonyl (C=O) groups is 1. The summed E-state index contributed by atoms with van der Waals surface area (Å²) in [5.41, 5.74) is 0. The molecular formula is C11H16N2O2S. The van der Waals surface area contributed by atoms with Crippen molar-refractivity contribution in [3.8, 4) is 0 Å². The maximum atomic E-state index is 11.9. The van der Waals surface area contributed by atoms with Gasteiger partial charge in [0.1, 0.15) is 6.10 Å². The number of aliphatic hydroxyl groups excluding tert-OH is 1. The van der Waals surface area contributed by atoms with Gasteiger partial charge in [-0.1, -0.05) is 6.07 Å². The number of carbonyl (C=O) groups excluding carboxylic acids is 1. The minimum atomic E-state index is -0.892. The van der Waals surface area contributed by atoms with Crippen LogP contribution in [0.4, 0.5) is 0 Å². The summed E-state index contributed by atoms with van der Waals surface area (Å²) in [6.07, 6.45) is -0.461.